The molecule has 0 radical (unpaired) electrons. The molecule has 0 fully saturated rings. The van der Waals surface area contributed by atoms with Gasteiger partial charge in [0.1, 0.15) is 6.10 Å². The normalized spacial score (nSPS) is 21.2. The summed E-state index contributed by atoms with van der Waals surface area (Å²) in [6.45, 7) is 2.89. The van der Waals surface area contributed by atoms with E-state index in [2.05, 4.69) is 53.7 Å². The Hall–Kier alpha value is -1.16. The van der Waals surface area contributed by atoms with Crippen LogP contribution in [0, 0.1) is 0 Å². The number of nitrogens with zero attached hydrogens (tertiary/aromatic N) is 1. The molecule has 2 nitrogen and oxygen atoms in total. The molecule has 0 N–H and O–H groups in total. The van der Waals surface area contributed by atoms with Crippen LogP contribution < -0.4 is 0 Å². The molecule has 0 unspecified atom stereocenters. The quantitative estimate of drug-likeness (QED) is 0.790. The second-order valence-corrected chi connectivity index (χ2v) is 6.01. The first-order valence-electron chi connectivity index (χ1n) is 6.76. The molecule has 0 amide bonds. The first kappa shape index (κ1) is 12.9. The van der Waals surface area contributed by atoms with Crippen molar-refractivity contribution in [1.82, 2.24) is 4.90 Å². The molecule has 1 aromatic carbocycles. The molecular weight excluding hydrogens is 254 g/mol. The largest absolute Gasteiger partial charge is 0.367 e. The van der Waals surface area contributed by atoms with Crippen LogP contribution in [0.3, 0.4) is 0 Å². The number of hydrogen-bond donors (Lipinski definition) is 0. The molecule has 0 aliphatic carbocycles. The average molecular weight is 273 g/mol. The van der Waals surface area contributed by atoms with E-state index >= 15 is 0 Å². The highest BCUT2D eigenvalue weighted by atomic mass is 32.1. The number of ether oxygens (including phenoxy) is 1. The summed E-state index contributed by atoms with van der Waals surface area (Å²) in [7, 11) is 2.17. The summed E-state index contributed by atoms with van der Waals surface area (Å²) in [5, 5.41) is 2.19. The van der Waals surface area contributed by atoms with Gasteiger partial charge in [-0.2, -0.15) is 0 Å². The maximum absolute atomic E-state index is 6.17. The van der Waals surface area contributed by atoms with Gasteiger partial charge < -0.3 is 9.64 Å². The van der Waals surface area contributed by atoms with Crippen LogP contribution in [0.1, 0.15) is 22.1 Å². The zero-order valence-corrected chi connectivity index (χ0v) is 12.0. The maximum atomic E-state index is 6.17. The summed E-state index contributed by atoms with van der Waals surface area (Å²) in [5.41, 5.74) is 2.61. The standard InChI is InChI=1S/C16H19NOS/c1-17-9-7-15-14(8-12-19-15)16(18-11-10-17)13-5-3-2-4-6-13/h2-6,8,12,16H,7,9-11H2,1H3/t16-/m1/s1. The number of hydrogen-bond acceptors (Lipinski definition) is 3. The van der Waals surface area contributed by atoms with Gasteiger partial charge in [-0.3, -0.25) is 0 Å². The predicted octanol–water partition coefficient (Wildman–Crippen LogP) is 3.34. The molecule has 1 aliphatic rings. The Morgan fingerprint density at radius 2 is 2.00 bits per heavy atom. The highest BCUT2D eigenvalue weighted by molar-refractivity contribution is 7.10. The second-order valence-electron chi connectivity index (χ2n) is 5.01. The fourth-order valence-electron chi connectivity index (χ4n) is 2.51. The van der Waals surface area contributed by atoms with E-state index in [-0.39, 0.29) is 6.10 Å². The fourth-order valence-corrected chi connectivity index (χ4v) is 3.41. The van der Waals surface area contributed by atoms with E-state index in [0.29, 0.717) is 0 Å². The predicted molar refractivity (Wildman–Crippen MR) is 79.8 cm³/mol. The van der Waals surface area contributed by atoms with Crippen molar-refractivity contribution < 1.29 is 4.74 Å². The zero-order valence-electron chi connectivity index (χ0n) is 11.2. The van der Waals surface area contributed by atoms with Crippen LogP contribution >= 0.6 is 11.3 Å². The lowest BCUT2D eigenvalue weighted by Crippen LogP contribution is -2.24. The van der Waals surface area contributed by atoms with Crippen LogP contribution in [0.4, 0.5) is 0 Å². The molecule has 0 saturated heterocycles. The van der Waals surface area contributed by atoms with Gasteiger partial charge in [-0.25, -0.2) is 0 Å². The lowest BCUT2D eigenvalue weighted by atomic mass is 10.0. The first-order chi connectivity index (χ1) is 9.34. The summed E-state index contributed by atoms with van der Waals surface area (Å²) in [6.07, 6.45) is 1.21. The van der Waals surface area contributed by atoms with Crippen molar-refractivity contribution in [1.29, 1.82) is 0 Å². The first-order valence-corrected chi connectivity index (χ1v) is 7.64. The van der Waals surface area contributed by atoms with Crippen molar-refractivity contribution in [2.75, 3.05) is 26.7 Å². The minimum absolute atomic E-state index is 0.0916. The summed E-state index contributed by atoms with van der Waals surface area (Å²) >= 11 is 1.85. The number of fused-ring (bicyclic) bond motifs is 1. The Labute approximate surface area is 118 Å². The van der Waals surface area contributed by atoms with Gasteiger partial charge in [-0.05, 0) is 36.0 Å². The molecule has 0 bridgehead atoms. The number of rotatable bonds is 1. The molecule has 100 valence electrons. The fraction of sp³-hybridized carbons (Fsp3) is 0.375. The number of benzene rings is 1. The highest BCUT2D eigenvalue weighted by Crippen LogP contribution is 2.32. The van der Waals surface area contributed by atoms with E-state index in [9.17, 15) is 0 Å². The summed E-state index contributed by atoms with van der Waals surface area (Å²) in [4.78, 5) is 3.80. The molecule has 2 heterocycles. The van der Waals surface area contributed by atoms with Crippen molar-refractivity contribution in [3.8, 4) is 0 Å². The maximum Gasteiger partial charge on any atom is 0.109 e. The van der Waals surface area contributed by atoms with Gasteiger partial charge in [-0.15, -0.1) is 11.3 Å². The smallest absolute Gasteiger partial charge is 0.109 e. The summed E-state index contributed by atoms with van der Waals surface area (Å²) < 4.78 is 6.17. The van der Waals surface area contributed by atoms with E-state index in [1.807, 2.05) is 11.3 Å². The van der Waals surface area contributed by atoms with Crippen molar-refractivity contribution in [3.05, 3.63) is 57.8 Å². The summed E-state index contributed by atoms with van der Waals surface area (Å²) in [5.74, 6) is 0. The molecule has 3 rings (SSSR count). The van der Waals surface area contributed by atoms with E-state index in [4.69, 9.17) is 4.74 Å². The number of likely N-dealkylation sites (N-methyl/N-ethyl adjacent to an activating group) is 1. The molecule has 0 spiro atoms. The van der Waals surface area contributed by atoms with Crippen molar-refractivity contribution in [2.45, 2.75) is 12.5 Å². The number of thiophene rings is 1. The highest BCUT2D eigenvalue weighted by Gasteiger charge is 2.21. The third kappa shape index (κ3) is 2.89. The Morgan fingerprint density at radius 1 is 1.16 bits per heavy atom. The Kier molecular flexibility index (Phi) is 3.97. The molecule has 1 aliphatic heterocycles. The topological polar surface area (TPSA) is 12.5 Å². The van der Waals surface area contributed by atoms with Gasteiger partial charge in [0.05, 0.1) is 6.61 Å². The third-order valence-electron chi connectivity index (χ3n) is 3.64. The molecule has 1 atom stereocenters. The second kappa shape index (κ2) is 5.87. The Morgan fingerprint density at radius 3 is 2.84 bits per heavy atom. The van der Waals surface area contributed by atoms with Gasteiger partial charge in [0.2, 0.25) is 0 Å². The average Bonchev–Trinajstić information content (AvgIpc) is 2.91. The van der Waals surface area contributed by atoms with Gasteiger partial charge in [0.25, 0.3) is 0 Å². The van der Waals surface area contributed by atoms with E-state index in [1.54, 1.807) is 0 Å². The SMILES string of the molecule is CN1CCO[C@H](c2ccccc2)c2ccsc2CC1. The van der Waals surface area contributed by atoms with Crippen LogP contribution in [0.2, 0.25) is 0 Å². The summed E-state index contributed by atoms with van der Waals surface area (Å²) in [6, 6.07) is 12.8. The third-order valence-corrected chi connectivity index (χ3v) is 4.64. The van der Waals surface area contributed by atoms with Crippen molar-refractivity contribution in [3.63, 3.8) is 0 Å². The van der Waals surface area contributed by atoms with Crippen molar-refractivity contribution >= 4 is 11.3 Å². The zero-order chi connectivity index (χ0) is 13.1. The van der Waals surface area contributed by atoms with Crippen LogP contribution in [0.25, 0.3) is 0 Å². The van der Waals surface area contributed by atoms with Crippen LogP contribution in [0.5, 0.6) is 0 Å². The monoisotopic (exact) mass is 273 g/mol. The van der Waals surface area contributed by atoms with Gasteiger partial charge in [0.15, 0.2) is 0 Å². The van der Waals surface area contributed by atoms with Gasteiger partial charge in [-0.1, -0.05) is 30.3 Å². The van der Waals surface area contributed by atoms with Gasteiger partial charge >= 0.3 is 0 Å². The lowest BCUT2D eigenvalue weighted by molar-refractivity contribution is 0.0679. The Bertz CT molecular complexity index is 523. The van der Waals surface area contributed by atoms with Crippen LogP contribution in [0.15, 0.2) is 41.8 Å². The molecule has 1 aromatic heterocycles. The Balaban J connectivity index is 1.96. The minimum atomic E-state index is 0.0916. The van der Waals surface area contributed by atoms with Crippen molar-refractivity contribution in [2.24, 2.45) is 0 Å². The van der Waals surface area contributed by atoms with Crippen LogP contribution in [-0.2, 0) is 11.2 Å². The molecule has 0 saturated carbocycles. The lowest BCUT2D eigenvalue weighted by Gasteiger charge is -2.19. The molecule has 19 heavy (non-hydrogen) atoms. The van der Waals surface area contributed by atoms with E-state index in [1.165, 1.54) is 16.0 Å². The van der Waals surface area contributed by atoms with Crippen LogP contribution in [-0.4, -0.2) is 31.6 Å². The van der Waals surface area contributed by atoms with E-state index < -0.39 is 0 Å². The minimum Gasteiger partial charge on any atom is -0.367 e. The molecule has 3 heteroatoms. The molecular formula is C16H19NOS. The molecule has 2 aromatic rings. The van der Waals surface area contributed by atoms with E-state index in [0.717, 1.165) is 26.1 Å². The van der Waals surface area contributed by atoms with Gasteiger partial charge in [0, 0.05) is 18.0 Å².